The van der Waals surface area contributed by atoms with Gasteiger partial charge in [0.25, 0.3) is 0 Å². The first-order valence-electron chi connectivity index (χ1n) is 9.93. The fraction of sp³-hybridized carbons (Fsp3) is 0.476. The molecule has 7 nitrogen and oxygen atoms in total. The van der Waals surface area contributed by atoms with Crippen LogP contribution in [0, 0.1) is 13.8 Å². The zero-order valence-corrected chi connectivity index (χ0v) is 17.2. The monoisotopic (exact) mass is 379 g/mol. The van der Waals surface area contributed by atoms with Gasteiger partial charge in [0, 0.05) is 37.6 Å². The van der Waals surface area contributed by atoms with Gasteiger partial charge in [-0.3, -0.25) is 4.90 Å². The van der Waals surface area contributed by atoms with Crippen LogP contribution < -0.4 is 4.90 Å². The molecule has 0 N–H and O–H groups in total. The Labute approximate surface area is 166 Å². The second-order valence-corrected chi connectivity index (χ2v) is 7.85. The molecule has 0 radical (unpaired) electrons. The second kappa shape index (κ2) is 7.75. The molecule has 1 aliphatic rings. The molecule has 0 aliphatic carbocycles. The van der Waals surface area contributed by atoms with Gasteiger partial charge in [0.15, 0.2) is 0 Å². The third-order valence-corrected chi connectivity index (χ3v) is 5.75. The lowest BCUT2D eigenvalue weighted by Crippen LogP contribution is -2.43. The van der Waals surface area contributed by atoms with E-state index in [1.54, 1.807) is 6.33 Å². The molecule has 7 heteroatoms. The molecule has 0 atom stereocenters. The number of aromatic nitrogens is 5. The van der Waals surface area contributed by atoms with Crippen LogP contribution in [-0.4, -0.2) is 55.6 Å². The molecular weight excluding hydrogens is 350 g/mol. The normalized spacial score (nSPS) is 15.5. The summed E-state index contributed by atoms with van der Waals surface area (Å²) in [6.07, 6.45) is 4.09. The molecular formula is C21H29N7. The van der Waals surface area contributed by atoms with E-state index in [0.29, 0.717) is 6.04 Å². The van der Waals surface area contributed by atoms with Gasteiger partial charge in [0.05, 0.1) is 17.9 Å². The average molecular weight is 380 g/mol. The maximum Gasteiger partial charge on any atom is 0.146 e. The summed E-state index contributed by atoms with van der Waals surface area (Å²) in [5, 5.41) is 12.8. The number of hydrogen-bond acceptors (Lipinski definition) is 5. The lowest BCUT2D eigenvalue weighted by molar-refractivity contribution is 0.194. The Morgan fingerprint density at radius 2 is 1.75 bits per heavy atom. The molecule has 4 rings (SSSR count). The number of hydrogen-bond donors (Lipinski definition) is 0. The molecule has 0 spiro atoms. The summed E-state index contributed by atoms with van der Waals surface area (Å²) in [6, 6.07) is 11.5. The Bertz CT molecular complexity index is 917. The number of piperidine rings is 1. The molecule has 0 amide bonds. The minimum Gasteiger partial charge on any atom is -0.371 e. The van der Waals surface area contributed by atoms with Gasteiger partial charge in [-0.05, 0) is 64.1 Å². The number of aryl methyl sites for hydroxylation is 3. The summed E-state index contributed by atoms with van der Waals surface area (Å²) >= 11 is 0. The van der Waals surface area contributed by atoms with Crippen molar-refractivity contribution in [2.24, 2.45) is 7.05 Å². The average Bonchev–Trinajstić information content (AvgIpc) is 3.26. The summed E-state index contributed by atoms with van der Waals surface area (Å²) in [5.74, 6) is 1.02. The molecule has 148 valence electrons. The van der Waals surface area contributed by atoms with Crippen LogP contribution in [0.1, 0.15) is 30.1 Å². The van der Waals surface area contributed by atoms with E-state index in [1.165, 1.54) is 5.69 Å². The fourth-order valence-electron chi connectivity index (χ4n) is 4.06. The van der Waals surface area contributed by atoms with Crippen LogP contribution >= 0.6 is 0 Å². The van der Waals surface area contributed by atoms with Gasteiger partial charge in [-0.1, -0.05) is 0 Å². The number of benzene rings is 1. The van der Waals surface area contributed by atoms with Crippen LogP contribution in [0.25, 0.3) is 5.69 Å². The maximum absolute atomic E-state index is 4.57. The largest absolute Gasteiger partial charge is 0.371 e. The SMILES string of the molecule is Cc1cc(C)n(-c2ccc(N3CCC(N(C)Cc4nncn4C)CC3)cc2)n1. The Balaban J connectivity index is 1.36. The van der Waals surface area contributed by atoms with Gasteiger partial charge in [0.1, 0.15) is 12.2 Å². The minimum absolute atomic E-state index is 0.585. The maximum atomic E-state index is 4.57. The van der Waals surface area contributed by atoms with Crippen molar-refractivity contribution in [3.05, 3.63) is 53.9 Å². The summed E-state index contributed by atoms with van der Waals surface area (Å²) in [5.41, 5.74) is 4.62. The molecule has 1 aliphatic heterocycles. The number of anilines is 1. The van der Waals surface area contributed by atoms with E-state index >= 15 is 0 Å². The summed E-state index contributed by atoms with van der Waals surface area (Å²) in [4.78, 5) is 4.89. The van der Waals surface area contributed by atoms with Crippen LogP contribution in [0.5, 0.6) is 0 Å². The fourth-order valence-corrected chi connectivity index (χ4v) is 4.06. The molecule has 1 saturated heterocycles. The smallest absolute Gasteiger partial charge is 0.146 e. The molecule has 28 heavy (non-hydrogen) atoms. The predicted octanol–water partition coefficient (Wildman–Crippen LogP) is 2.72. The van der Waals surface area contributed by atoms with Gasteiger partial charge >= 0.3 is 0 Å². The Hall–Kier alpha value is -2.67. The summed E-state index contributed by atoms with van der Waals surface area (Å²) < 4.78 is 4.00. The van der Waals surface area contributed by atoms with Crippen molar-refractivity contribution in [2.45, 2.75) is 39.3 Å². The molecule has 2 aromatic heterocycles. The van der Waals surface area contributed by atoms with E-state index in [0.717, 1.165) is 55.4 Å². The van der Waals surface area contributed by atoms with Crippen molar-refractivity contribution < 1.29 is 0 Å². The highest BCUT2D eigenvalue weighted by molar-refractivity contribution is 5.51. The highest BCUT2D eigenvalue weighted by Crippen LogP contribution is 2.24. The van der Waals surface area contributed by atoms with E-state index in [4.69, 9.17) is 0 Å². The van der Waals surface area contributed by atoms with Crippen molar-refractivity contribution in [3.63, 3.8) is 0 Å². The minimum atomic E-state index is 0.585. The van der Waals surface area contributed by atoms with Crippen LogP contribution in [0.2, 0.25) is 0 Å². The third kappa shape index (κ3) is 3.80. The van der Waals surface area contributed by atoms with Crippen LogP contribution in [-0.2, 0) is 13.6 Å². The van der Waals surface area contributed by atoms with Gasteiger partial charge in [-0.2, -0.15) is 5.10 Å². The van der Waals surface area contributed by atoms with Gasteiger partial charge in [-0.25, -0.2) is 4.68 Å². The Morgan fingerprint density at radius 3 is 2.32 bits per heavy atom. The van der Waals surface area contributed by atoms with Crippen LogP contribution in [0.4, 0.5) is 5.69 Å². The van der Waals surface area contributed by atoms with Gasteiger partial charge < -0.3 is 9.47 Å². The highest BCUT2D eigenvalue weighted by atomic mass is 15.3. The van der Waals surface area contributed by atoms with Crippen molar-refractivity contribution >= 4 is 5.69 Å². The van der Waals surface area contributed by atoms with Crippen molar-refractivity contribution in [1.29, 1.82) is 0 Å². The molecule has 3 heterocycles. The van der Waals surface area contributed by atoms with Gasteiger partial charge in [0.2, 0.25) is 0 Å². The molecule has 0 bridgehead atoms. The second-order valence-electron chi connectivity index (χ2n) is 7.85. The highest BCUT2D eigenvalue weighted by Gasteiger charge is 2.23. The standard InChI is InChI=1S/C21H29N7/c1-16-13-17(2)28(24-16)20-7-5-19(6-8-20)27-11-9-18(10-12-27)25(3)14-21-23-22-15-26(21)4/h5-8,13,15,18H,9-12,14H2,1-4H3. The summed E-state index contributed by atoms with van der Waals surface area (Å²) in [6.45, 7) is 7.12. The van der Waals surface area contributed by atoms with E-state index in [9.17, 15) is 0 Å². The first kappa shape index (κ1) is 18.7. The van der Waals surface area contributed by atoms with Crippen molar-refractivity contribution in [2.75, 3.05) is 25.0 Å². The molecule has 3 aromatic rings. The Morgan fingerprint density at radius 1 is 1.07 bits per heavy atom. The zero-order chi connectivity index (χ0) is 19.7. The molecule has 1 aromatic carbocycles. The summed E-state index contributed by atoms with van der Waals surface area (Å²) in [7, 11) is 4.19. The zero-order valence-electron chi connectivity index (χ0n) is 17.2. The first-order valence-corrected chi connectivity index (χ1v) is 9.93. The van der Waals surface area contributed by atoms with Crippen molar-refractivity contribution in [1.82, 2.24) is 29.4 Å². The predicted molar refractivity (Wildman–Crippen MR) is 111 cm³/mol. The number of nitrogens with zero attached hydrogens (tertiary/aromatic N) is 7. The topological polar surface area (TPSA) is 55.0 Å². The van der Waals surface area contributed by atoms with Gasteiger partial charge in [-0.15, -0.1) is 10.2 Å². The molecule has 0 unspecified atom stereocenters. The lowest BCUT2D eigenvalue weighted by Gasteiger charge is -2.37. The number of rotatable bonds is 5. The van der Waals surface area contributed by atoms with Crippen LogP contribution in [0.15, 0.2) is 36.7 Å². The van der Waals surface area contributed by atoms with E-state index in [1.807, 2.05) is 23.2 Å². The van der Waals surface area contributed by atoms with Crippen LogP contribution in [0.3, 0.4) is 0 Å². The lowest BCUT2D eigenvalue weighted by atomic mass is 10.0. The quantitative estimate of drug-likeness (QED) is 0.682. The third-order valence-electron chi connectivity index (χ3n) is 5.75. The molecule has 0 saturated carbocycles. The van der Waals surface area contributed by atoms with E-state index < -0.39 is 0 Å². The van der Waals surface area contributed by atoms with E-state index in [2.05, 4.69) is 69.4 Å². The first-order chi connectivity index (χ1) is 13.5. The van der Waals surface area contributed by atoms with E-state index in [-0.39, 0.29) is 0 Å². The Kier molecular flexibility index (Phi) is 5.17. The molecule has 1 fully saturated rings. The van der Waals surface area contributed by atoms with Crippen molar-refractivity contribution in [3.8, 4) is 5.69 Å².